The van der Waals surface area contributed by atoms with Crippen molar-refractivity contribution in [1.82, 2.24) is 9.38 Å². The Bertz CT molecular complexity index is 906. The van der Waals surface area contributed by atoms with Crippen LogP contribution < -0.4 is 5.32 Å². The van der Waals surface area contributed by atoms with Crippen LogP contribution in [0.3, 0.4) is 0 Å². The molecule has 0 bridgehead atoms. The summed E-state index contributed by atoms with van der Waals surface area (Å²) < 4.78 is 53.9. The van der Waals surface area contributed by atoms with Crippen LogP contribution in [0.1, 0.15) is 26.0 Å². The number of nitrogens with one attached hydrogen (secondary N) is 1. The first-order valence-corrected chi connectivity index (χ1v) is 7.51. The van der Waals surface area contributed by atoms with E-state index < -0.39 is 29.7 Å². The van der Waals surface area contributed by atoms with Crippen molar-refractivity contribution < 1.29 is 22.4 Å². The standard InChI is InChI=1S/C17H15F4N3O/c1-16(2,17(19,20)21)8-13(25)23-15-14(10-4-3-5-10)24-9-11(18)6-7-12(24)22-15/h3-7,9H,8H2,1-2H3,(H,23,25). The summed E-state index contributed by atoms with van der Waals surface area (Å²) in [6.07, 6.45) is 1.20. The fourth-order valence-corrected chi connectivity index (χ4v) is 2.41. The topological polar surface area (TPSA) is 46.4 Å². The molecule has 0 aliphatic heterocycles. The van der Waals surface area contributed by atoms with E-state index in [2.05, 4.69) is 10.3 Å². The summed E-state index contributed by atoms with van der Waals surface area (Å²) in [5, 5.41) is 2.43. The minimum absolute atomic E-state index is 0.101. The van der Waals surface area contributed by atoms with Crippen molar-refractivity contribution in [2.24, 2.45) is 5.41 Å². The third kappa shape index (κ3) is 3.16. The van der Waals surface area contributed by atoms with Crippen LogP contribution in [0.15, 0.2) is 36.6 Å². The highest BCUT2D eigenvalue weighted by molar-refractivity contribution is 5.96. The minimum Gasteiger partial charge on any atom is -0.309 e. The van der Waals surface area contributed by atoms with Crippen molar-refractivity contribution in [3.8, 4) is 0 Å². The van der Waals surface area contributed by atoms with Gasteiger partial charge in [-0.15, -0.1) is 0 Å². The third-order valence-corrected chi connectivity index (χ3v) is 4.04. The molecule has 25 heavy (non-hydrogen) atoms. The monoisotopic (exact) mass is 353 g/mol. The van der Waals surface area contributed by atoms with Crippen LogP contribution in [0.4, 0.5) is 23.4 Å². The molecular formula is C17H15F4N3O. The average molecular weight is 353 g/mol. The van der Waals surface area contributed by atoms with Crippen LogP contribution in [0.25, 0.3) is 11.2 Å². The van der Waals surface area contributed by atoms with E-state index in [0.717, 1.165) is 13.8 Å². The van der Waals surface area contributed by atoms with Crippen molar-refractivity contribution in [3.05, 3.63) is 48.1 Å². The molecule has 1 aliphatic carbocycles. The van der Waals surface area contributed by atoms with Gasteiger partial charge in [-0.3, -0.25) is 9.20 Å². The maximum absolute atomic E-state index is 13.5. The Morgan fingerprint density at radius 1 is 1.28 bits per heavy atom. The number of pyridine rings is 1. The van der Waals surface area contributed by atoms with Gasteiger partial charge in [-0.2, -0.15) is 13.2 Å². The van der Waals surface area contributed by atoms with Gasteiger partial charge in [-0.25, -0.2) is 9.37 Å². The number of halogens is 4. The number of nitrogens with zero attached hydrogens (tertiary/aromatic N) is 2. The van der Waals surface area contributed by atoms with Crippen LogP contribution in [0, 0.1) is 11.2 Å². The maximum Gasteiger partial charge on any atom is 0.394 e. The number of imidazole rings is 1. The van der Waals surface area contributed by atoms with Gasteiger partial charge in [0.05, 0.1) is 11.1 Å². The summed E-state index contributed by atoms with van der Waals surface area (Å²) in [6.45, 7) is 1.92. The molecule has 0 atom stereocenters. The molecule has 3 rings (SSSR count). The first-order valence-electron chi connectivity index (χ1n) is 7.51. The molecule has 132 valence electrons. The van der Waals surface area contributed by atoms with Crippen molar-refractivity contribution in [2.45, 2.75) is 26.4 Å². The summed E-state index contributed by atoms with van der Waals surface area (Å²) in [4.78, 5) is 16.3. The average Bonchev–Trinajstić information content (AvgIpc) is 2.73. The summed E-state index contributed by atoms with van der Waals surface area (Å²) >= 11 is 0. The van der Waals surface area contributed by atoms with E-state index in [0.29, 0.717) is 16.9 Å². The summed E-state index contributed by atoms with van der Waals surface area (Å²) in [5.41, 5.74) is -0.667. The molecule has 4 nitrogen and oxygen atoms in total. The molecule has 2 aromatic heterocycles. The lowest BCUT2D eigenvalue weighted by Gasteiger charge is -2.26. The van der Waals surface area contributed by atoms with Gasteiger partial charge in [0.15, 0.2) is 5.82 Å². The van der Waals surface area contributed by atoms with E-state index in [9.17, 15) is 22.4 Å². The zero-order valence-corrected chi connectivity index (χ0v) is 13.5. The highest BCUT2D eigenvalue weighted by Crippen LogP contribution is 2.40. The molecule has 0 saturated carbocycles. The Morgan fingerprint density at radius 2 is 1.96 bits per heavy atom. The second-order valence-corrected chi connectivity index (χ2v) is 6.47. The predicted molar refractivity (Wildman–Crippen MR) is 85.3 cm³/mol. The lowest BCUT2D eigenvalue weighted by atomic mass is 9.88. The number of allylic oxidation sites excluding steroid dienone is 4. The number of amides is 1. The number of rotatable bonds is 4. The number of fused-ring (bicyclic) bond motifs is 1. The van der Waals surface area contributed by atoms with Crippen LogP contribution in [0.2, 0.25) is 0 Å². The van der Waals surface area contributed by atoms with E-state index in [1.165, 1.54) is 22.7 Å². The van der Waals surface area contributed by atoms with E-state index in [-0.39, 0.29) is 5.82 Å². The predicted octanol–water partition coefficient (Wildman–Crippen LogP) is 4.34. The second kappa shape index (κ2) is 5.72. The number of carbonyl (C=O) groups excluding carboxylic acids is 1. The molecular weight excluding hydrogens is 338 g/mol. The number of hydrogen-bond acceptors (Lipinski definition) is 2. The van der Waals surface area contributed by atoms with Crippen LogP contribution >= 0.6 is 0 Å². The zero-order chi connectivity index (χ0) is 18.4. The van der Waals surface area contributed by atoms with Gasteiger partial charge >= 0.3 is 6.18 Å². The van der Waals surface area contributed by atoms with Gasteiger partial charge in [0.2, 0.25) is 5.91 Å². The molecule has 0 aromatic carbocycles. The number of hydrogen-bond donors (Lipinski definition) is 1. The molecule has 0 spiro atoms. The van der Waals surface area contributed by atoms with Gasteiger partial charge in [0, 0.05) is 18.2 Å². The number of anilines is 1. The van der Waals surface area contributed by atoms with Gasteiger partial charge in [-0.1, -0.05) is 32.1 Å². The largest absolute Gasteiger partial charge is 0.394 e. The van der Waals surface area contributed by atoms with Crippen molar-refractivity contribution >= 4 is 22.9 Å². The van der Waals surface area contributed by atoms with Gasteiger partial charge in [0.25, 0.3) is 0 Å². The minimum atomic E-state index is -4.51. The molecule has 1 amide bonds. The Hall–Kier alpha value is -2.64. The SMILES string of the molecule is CC(C)(CC(=O)Nc1nc2ccc(F)cn2c1C1=CC=C1)C(F)(F)F. The first kappa shape index (κ1) is 17.2. The van der Waals surface area contributed by atoms with Gasteiger partial charge in [-0.05, 0) is 12.1 Å². The van der Waals surface area contributed by atoms with E-state index in [1.54, 1.807) is 18.2 Å². The lowest BCUT2D eigenvalue weighted by Crippen LogP contribution is -2.36. The lowest BCUT2D eigenvalue weighted by molar-refractivity contribution is -0.213. The highest BCUT2D eigenvalue weighted by Gasteiger charge is 2.48. The van der Waals surface area contributed by atoms with Crippen LogP contribution in [0.5, 0.6) is 0 Å². The smallest absolute Gasteiger partial charge is 0.309 e. The Morgan fingerprint density at radius 3 is 2.52 bits per heavy atom. The molecule has 0 fully saturated rings. The molecule has 2 heterocycles. The first-order chi connectivity index (χ1) is 11.6. The van der Waals surface area contributed by atoms with E-state index >= 15 is 0 Å². The van der Waals surface area contributed by atoms with Crippen molar-refractivity contribution in [1.29, 1.82) is 0 Å². The maximum atomic E-state index is 13.5. The molecule has 8 heteroatoms. The fourth-order valence-electron chi connectivity index (χ4n) is 2.41. The fraction of sp³-hybridized carbons (Fsp3) is 0.294. The van der Waals surface area contributed by atoms with E-state index in [4.69, 9.17) is 0 Å². The number of carbonyl (C=O) groups is 1. The second-order valence-electron chi connectivity index (χ2n) is 6.47. The Labute approximate surface area is 140 Å². The number of aromatic nitrogens is 2. The number of alkyl halides is 3. The van der Waals surface area contributed by atoms with E-state index in [1.807, 2.05) is 0 Å². The molecule has 1 aliphatic rings. The summed E-state index contributed by atoms with van der Waals surface area (Å²) in [6, 6.07) is 2.65. The Balaban J connectivity index is 1.92. The molecule has 1 N–H and O–H groups in total. The highest BCUT2D eigenvalue weighted by atomic mass is 19.4. The molecule has 0 unspecified atom stereocenters. The van der Waals surface area contributed by atoms with Gasteiger partial charge in [0.1, 0.15) is 11.5 Å². The van der Waals surface area contributed by atoms with Gasteiger partial charge < -0.3 is 5.32 Å². The van der Waals surface area contributed by atoms with Crippen LogP contribution in [-0.4, -0.2) is 21.5 Å². The quantitative estimate of drug-likeness (QED) is 0.831. The van der Waals surface area contributed by atoms with Crippen LogP contribution in [-0.2, 0) is 4.79 Å². The summed E-state index contributed by atoms with van der Waals surface area (Å²) in [5.74, 6) is -1.20. The Kier molecular flexibility index (Phi) is 3.93. The summed E-state index contributed by atoms with van der Waals surface area (Å²) in [7, 11) is 0. The third-order valence-electron chi connectivity index (χ3n) is 4.04. The normalized spacial score (nSPS) is 14.4. The molecule has 0 saturated heterocycles. The van der Waals surface area contributed by atoms with Crippen molar-refractivity contribution in [2.75, 3.05) is 5.32 Å². The zero-order valence-electron chi connectivity index (χ0n) is 13.5. The van der Waals surface area contributed by atoms with Crippen molar-refractivity contribution in [3.63, 3.8) is 0 Å². The molecule has 0 radical (unpaired) electrons. The molecule has 2 aromatic rings.